The standard InChI is InChI=1S/C15H11N5O/c16-9-11-1-3-12(4-2-11)10-20-15(17-18-19-20)13-5-7-14(21)8-6-13/h1-8,21H,10H2. The molecule has 0 aliphatic heterocycles. The highest BCUT2D eigenvalue weighted by atomic mass is 16.3. The number of aromatic nitrogens is 4. The third-order valence-electron chi connectivity index (χ3n) is 3.07. The summed E-state index contributed by atoms with van der Waals surface area (Å²) in [4.78, 5) is 0. The van der Waals surface area contributed by atoms with Crippen LogP contribution in [0.15, 0.2) is 48.5 Å². The number of hydrogen-bond donors (Lipinski definition) is 1. The predicted octanol–water partition coefficient (Wildman–Crippen LogP) is 1.97. The van der Waals surface area contributed by atoms with E-state index in [4.69, 9.17) is 5.26 Å². The largest absolute Gasteiger partial charge is 0.508 e. The van der Waals surface area contributed by atoms with Crippen molar-refractivity contribution in [3.8, 4) is 23.2 Å². The molecule has 0 amide bonds. The van der Waals surface area contributed by atoms with E-state index in [1.165, 1.54) is 0 Å². The summed E-state index contributed by atoms with van der Waals surface area (Å²) in [6.45, 7) is 0.509. The number of phenols is 1. The van der Waals surface area contributed by atoms with Crippen LogP contribution in [0.1, 0.15) is 11.1 Å². The molecule has 0 fully saturated rings. The minimum Gasteiger partial charge on any atom is -0.508 e. The van der Waals surface area contributed by atoms with E-state index in [-0.39, 0.29) is 5.75 Å². The molecule has 0 aliphatic carbocycles. The van der Waals surface area contributed by atoms with E-state index in [1.807, 2.05) is 12.1 Å². The SMILES string of the molecule is N#Cc1ccc(Cn2nnnc2-c2ccc(O)cc2)cc1. The Morgan fingerprint density at radius 2 is 1.76 bits per heavy atom. The average Bonchev–Trinajstić information content (AvgIpc) is 2.97. The number of hydrogen-bond acceptors (Lipinski definition) is 5. The van der Waals surface area contributed by atoms with Gasteiger partial charge in [0.25, 0.3) is 0 Å². The van der Waals surface area contributed by atoms with E-state index >= 15 is 0 Å². The van der Waals surface area contributed by atoms with Gasteiger partial charge in [0, 0.05) is 5.56 Å². The Labute approximate surface area is 120 Å². The van der Waals surface area contributed by atoms with Crippen LogP contribution in [0.5, 0.6) is 5.75 Å². The van der Waals surface area contributed by atoms with Crippen LogP contribution in [0.4, 0.5) is 0 Å². The fourth-order valence-electron chi connectivity index (χ4n) is 1.99. The van der Waals surface area contributed by atoms with Gasteiger partial charge >= 0.3 is 0 Å². The van der Waals surface area contributed by atoms with E-state index in [9.17, 15) is 5.11 Å². The van der Waals surface area contributed by atoms with Crippen LogP contribution in [0, 0.1) is 11.3 Å². The number of phenolic OH excluding ortho intramolecular Hbond substituents is 1. The minimum atomic E-state index is 0.199. The van der Waals surface area contributed by atoms with Crippen molar-refractivity contribution in [1.82, 2.24) is 20.2 Å². The van der Waals surface area contributed by atoms with Gasteiger partial charge in [-0.2, -0.15) is 5.26 Å². The van der Waals surface area contributed by atoms with Crippen molar-refractivity contribution >= 4 is 0 Å². The van der Waals surface area contributed by atoms with Gasteiger partial charge in [0.2, 0.25) is 0 Å². The molecule has 1 heterocycles. The van der Waals surface area contributed by atoms with Crippen molar-refractivity contribution in [3.63, 3.8) is 0 Å². The molecular formula is C15H11N5O. The molecule has 6 heteroatoms. The van der Waals surface area contributed by atoms with Gasteiger partial charge in [-0.3, -0.25) is 0 Å². The summed E-state index contributed by atoms with van der Waals surface area (Å²) in [6.07, 6.45) is 0. The van der Waals surface area contributed by atoms with Crippen molar-refractivity contribution in [3.05, 3.63) is 59.7 Å². The quantitative estimate of drug-likeness (QED) is 0.790. The first-order valence-corrected chi connectivity index (χ1v) is 6.31. The summed E-state index contributed by atoms with van der Waals surface area (Å²) in [5.41, 5.74) is 2.45. The Morgan fingerprint density at radius 3 is 2.43 bits per heavy atom. The molecule has 0 radical (unpaired) electrons. The number of nitrogens with zero attached hydrogens (tertiary/aromatic N) is 5. The van der Waals surface area contributed by atoms with Gasteiger partial charge in [0.15, 0.2) is 5.82 Å². The third-order valence-corrected chi connectivity index (χ3v) is 3.07. The molecule has 21 heavy (non-hydrogen) atoms. The molecular weight excluding hydrogens is 266 g/mol. The third kappa shape index (κ3) is 2.72. The Balaban J connectivity index is 1.88. The fraction of sp³-hybridized carbons (Fsp3) is 0.0667. The van der Waals surface area contributed by atoms with Crippen molar-refractivity contribution in [1.29, 1.82) is 5.26 Å². The monoisotopic (exact) mass is 277 g/mol. The lowest BCUT2D eigenvalue weighted by molar-refractivity contribution is 0.475. The summed E-state index contributed by atoms with van der Waals surface area (Å²) in [7, 11) is 0. The topological polar surface area (TPSA) is 87.6 Å². The van der Waals surface area contributed by atoms with Crippen LogP contribution in [-0.2, 0) is 6.54 Å². The van der Waals surface area contributed by atoms with Crippen molar-refractivity contribution < 1.29 is 5.11 Å². The van der Waals surface area contributed by atoms with Crippen molar-refractivity contribution in [2.24, 2.45) is 0 Å². The van der Waals surface area contributed by atoms with Gasteiger partial charge in [-0.1, -0.05) is 12.1 Å². The molecule has 0 aliphatic rings. The second kappa shape index (κ2) is 5.43. The van der Waals surface area contributed by atoms with Crippen LogP contribution in [0.25, 0.3) is 11.4 Å². The molecule has 102 valence electrons. The Kier molecular flexibility index (Phi) is 3.31. The van der Waals surface area contributed by atoms with Gasteiger partial charge in [-0.05, 0) is 52.4 Å². The highest BCUT2D eigenvalue weighted by molar-refractivity contribution is 5.55. The molecule has 2 aromatic carbocycles. The van der Waals surface area contributed by atoms with E-state index in [0.717, 1.165) is 11.1 Å². The van der Waals surface area contributed by atoms with Crippen LogP contribution in [0.3, 0.4) is 0 Å². The Hall–Kier alpha value is -3.20. The molecule has 0 bridgehead atoms. The van der Waals surface area contributed by atoms with Crippen molar-refractivity contribution in [2.75, 3.05) is 0 Å². The fourth-order valence-corrected chi connectivity index (χ4v) is 1.99. The van der Waals surface area contributed by atoms with Gasteiger partial charge in [-0.25, -0.2) is 4.68 Å². The lowest BCUT2D eigenvalue weighted by atomic mass is 10.1. The first kappa shape index (κ1) is 12.8. The average molecular weight is 277 g/mol. The Bertz CT molecular complexity index is 784. The molecule has 3 aromatic rings. The second-order valence-electron chi connectivity index (χ2n) is 4.52. The van der Waals surface area contributed by atoms with E-state index in [0.29, 0.717) is 17.9 Å². The maximum absolute atomic E-state index is 9.32. The molecule has 0 atom stereocenters. The zero-order valence-electron chi connectivity index (χ0n) is 11.0. The molecule has 1 aromatic heterocycles. The summed E-state index contributed by atoms with van der Waals surface area (Å²) in [5, 5.41) is 29.8. The summed E-state index contributed by atoms with van der Waals surface area (Å²) in [6, 6.07) is 16.1. The molecule has 0 spiro atoms. The van der Waals surface area contributed by atoms with Crippen LogP contribution < -0.4 is 0 Å². The van der Waals surface area contributed by atoms with Crippen molar-refractivity contribution in [2.45, 2.75) is 6.54 Å². The molecule has 0 saturated carbocycles. The first-order valence-electron chi connectivity index (χ1n) is 6.31. The summed E-state index contributed by atoms with van der Waals surface area (Å²) < 4.78 is 1.67. The van der Waals surface area contributed by atoms with Gasteiger partial charge < -0.3 is 5.11 Å². The molecule has 0 saturated heterocycles. The van der Waals surface area contributed by atoms with Crippen LogP contribution in [0.2, 0.25) is 0 Å². The van der Waals surface area contributed by atoms with Crippen LogP contribution >= 0.6 is 0 Å². The van der Waals surface area contributed by atoms with Gasteiger partial charge in [0.05, 0.1) is 18.2 Å². The maximum atomic E-state index is 9.32. The molecule has 3 rings (SSSR count). The maximum Gasteiger partial charge on any atom is 0.182 e. The zero-order valence-corrected chi connectivity index (χ0v) is 11.0. The number of rotatable bonds is 3. The van der Waals surface area contributed by atoms with Gasteiger partial charge in [-0.15, -0.1) is 5.10 Å². The first-order chi connectivity index (χ1) is 10.3. The highest BCUT2D eigenvalue weighted by Crippen LogP contribution is 2.19. The number of benzene rings is 2. The number of aromatic hydroxyl groups is 1. The number of nitriles is 1. The van der Waals surface area contributed by atoms with E-state index in [2.05, 4.69) is 21.6 Å². The Morgan fingerprint density at radius 1 is 1.05 bits per heavy atom. The summed E-state index contributed by atoms with van der Waals surface area (Å²) in [5.74, 6) is 0.823. The number of tetrazole rings is 1. The molecule has 6 nitrogen and oxygen atoms in total. The second-order valence-corrected chi connectivity index (χ2v) is 4.52. The summed E-state index contributed by atoms with van der Waals surface area (Å²) >= 11 is 0. The lowest BCUT2D eigenvalue weighted by Crippen LogP contribution is -2.04. The minimum absolute atomic E-state index is 0.199. The van der Waals surface area contributed by atoms with E-state index in [1.54, 1.807) is 41.1 Å². The normalized spacial score (nSPS) is 10.2. The highest BCUT2D eigenvalue weighted by Gasteiger charge is 2.09. The predicted molar refractivity (Wildman–Crippen MR) is 75.2 cm³/mol. The zero-order chi connectivity index (χ0) is 14.7. The lowest BCUT2D eigenvalue weighted by Gasteiger charge is -2.05. The molecule has 1 N–H and O–H groups in total. The molecule has 0 unspecified atom stereocenters. The van der Waals surface area contributed by atoms with Crippen LogP contribution in [-0.4, -0.2) is 25.3 Å². The van der Waals surface area contributed by atoms with Gasteiger partial charge in [0.1, 0.15) is 5.75 Å². The smallest absolute Gasteiger partial charge is 0.182 e. The van der Waals surface area contributed by atoms with E-state index < -0.39 is 0 Å².